The highest BCUT2D eigenvalue weighted by Crippen LogP contribution is 2.36. The van der Waals surface area contributed by atoms with E-state index in [9.17, 15) is 0 Å². The number of hydrogen-bond donors (Lipinski definition) is 1. The third kappa shape index (κ3) is 7.42. The van der Waals surface area contributed by atoms with E-state index in [1.807, 2.05) is 0 Å². The molecule has 1 N–H and O–H groups in total. The van der Waals surface area contributed by atoms with Gasteiger partial charge in [-0.25, -0.2) is 0 Å². The quantitative estimate of drug-likeness (QED) is 0.292. The third-order valence-corrected chi connectivity index (χ3v) is 3.08. The van der Waals surface area contributed by atoms with Gasteiger partial charge in [-0.05, 0) is 6.08 Å². The maximum atomic E-state index is 8.18. The van der Waals surface area contributed by atoms with Gasteiger partial charge < -0.3 is 19.4 Å². The molecule has 1 rings (SSSR count). The third-order valence-electron chi connectivity index (χ3n) is 2.21. The fourth-order valence-corrected chi connectivity index (χ4v) is 2.03. The molecular formula is C13H13Cl4NO4. The fourth-order valence-electron chi connectivity index (χ4n) is 1.33. The van der Waals surface area contributed by atoms with Gasteiger partial charge in [0.2, 0.25) is 0 Å². The topological polar surface area (TPSA) is 60.3 Å². The molecule has 0 saturated carbocycles. The van der Waals surface area contributed by atoms with Crippen LogP contribution in [0.5, 0.6) is 11.5 Å². The molecule has 0 unspecified atom stereocenters. The molecule has 0 aliphatic rings. The molecule has 0 fully saturated rings. The molecule has 22 heavy (non-hydrogen) atoms. The number of halogens is 4. The van der Waals surface area contributed by atoms with Crippen LogP contribution >= 0.6 is 46.4 Å². The summed E-state index contributed by atoms with van der Waals surface area (Å²) in [6.45, 7) is 0.902. The Bertz CT molecular complexity index is 510. The predicted octanol–water partition coefficient (Wildman–Crippen LogP) is 4.55. The summed E-state index contributed by atoms with van der Waals surface area (Å²) in [4.78, 5) is 0. The molecule has 0 radical (unpaired) electrons. The van der Waals surface area contributed by atoms with E-state index in [2.05, 4.69) is 5.16 Å². The standard InChI is InChI=1S/C13H13Cl4NO4/c14-10-7-9(21-3-1-12(16)17)8-11(15)13(10)22-6-5-20-4-2-18-19/h1-2,7-8,19H,3-6H2. The maximum absolute atomic E-state index is 8.18. The van der Waals surface area contributed by atoms with E-state index in [1.165, 1.54) is 12.3 Å². The summed E-state index contributed by atoms with van der Waals surface area (Å²) in [5.74, 6) is 0.796. The first-order chi connectivity index (χ1) is 10.5. The van der Waals surface area contributed by atoms with Crippen molar-refractivity contribution in [3.05, 3.63) is 32.7 Å². The smallest absolute Gasteiger partial charge is 0.156 e. The van der Waals surface area contributed by atoms with E-state index in [4.69, 9.17) is 65.8 Å². The highest BCUT2D eigenvalue weighted by molar-refractivity contribution is 6.55. The van der Waals surface area contributed by atoms with Crippen LogP contribution in [0.3, 0.4) is 0 Å². The Labute approximate surface area is 147 Å². The van der Waals surface area contributed by atoms with Crippen LogP contribution in [0.25, 0.3) is 0 Å². The van der Waals surface area contributed by atoms with Crippen LogP contribution in [0, 0.1) is 0 Å². The van der Waals surface area contributed by atoms with E-state index in [0.29, 0.717) is 21.5 Å². The number of ether oxygens (including phenoxy) is 3. The van der Waals surface area contributed by atoms with E-state index < -0.39 is 0 Å². The van der Waals surface area contributed by atoms with Crippen LogP contribution in [0.1, 0.15) is 0 Å². The van der Waals surface area contributed by atoms with Crippen LogP contribution in [0.4, 0.5) is 0 Å². The average Bonchev–Trinajstić information content (AvgIpc) is 2.44. The highest BCUT2D eigenvalue weighted by atomic mass is 35.5. The SMILES string of the molecule is ON=CCOCCOc1c(Cl)cc(OCC=C(Cl)Cl)cc1Cl. The molecule has 0 aromatic heterocycles. The van der Waals surface area contributed by atoms with Crippen LogP contribution in [-0.2, 0) is 4.74 Å². The lowest BCUT2D eigenvalue weighted by atomic mass is 10.3. The Morgan fingerprint density at radius 1 is 1.09 bits per heavy atom. The lowest BCUT2D eigenvalue weighted by Crippen LogP contribution is -2.08. The largest absolute Gasteiger partial charge is 0.489 e. The van der Waals surface area contributed by atoms with E-state index in [-0.39, 0.29) is 30.9 Å². The van der Waals surface area contributed by atoms with Crippen LogP contribution < -0.4 is 9.47 Å². The molecule has 0 aliphatic heterocycles. The van der Waals surface area contributed by atoms with Gasteiger partial charge in [0.05, 0.1) is 29.5 Å². The number of hydrogen-bond acceptors (Lipinski definition) is 5. The van der Waals surface area contributed by atoms with Gasteiger partial charge in [-0.1, -0.05) is 51.6 Å². The summed E-state index contributed by atoms with van der Waals surface area (Å²) in [6, 6.07) is 3.13. The predicted molar refractivity (Wildman–Crippen MR) is 88.3 cm³/mol. The lowest BCUT2D eigenvalue weighted by molar-refractivity contribution is 0.128. The number of nitrogens with zero attached hydrogens (tertiary/aromatic N) is 1. The number of benzene rings is 1. The summed E-state index contributed by atoms with van der Waals surface area (Å²) < 4.78 is 16.0. The summed E-state index contributed by atoms with van der Waals surface area (Å²) in [6.07, 6.45) is 2.70. The van der Waals surface area contributed by atoms with Crippen molar-refractivity contribution < 1.29 is 19.4 Å². The average molecular weight is 389 g/mol. The van der Waals surface area contributed by atoms with Gasteiger partial charge in [-0.2, -0.15) is 0 Å². The number of oxime groups is 1. The van der Waals surface area contributed by atoms with Crippen molar-refractivity contribution >= 4 is 52.6 Å². The minimum atomic E-state index is 0.114. The Hall–Kier alpha value is -0.850. The van der Waals surface area contributed by atoms with Gasteiger partial charge in [-0.3, -0.25) is 0 Å². The second kappa shape index (κ2) is 10.8. The molecule has 0 atom stereocenters. The van der Waals surface area contributed by atoms with E-state index in [1.54, 1.807) is 12.1 Å². The van der Waals surface area contributed by atoms with Crippen LogP contribution in [0.15, 0.2) is 27.9 Å². The van der Waals surface area contributed by atoms with Crippen LogP contribution in [0.2, 0.25) is 10.0 Å². The van der Waals surface area contributed by atoms with Crippen molar-refractivity contribution in [1.82, 2.24) is 0 Å². The lowest BCUT2D eigenvalue weighted by Gasteiger charge is -2.12. The van der Waals surface area contributed by atoms with E-state index in [0.717, 1.165) is 0 Å². The Morgan fingerprint density at radius 3 is 2.36 bits per heavy atom. The molecule has 0 bridgehead atoms. The van der Waals surface area contributed by atoms with Gasteiger partial charge in [0.15, 0.2) is 5.75 Å². The van der Waals surface area contributed by atoms with Crippen molar-refractivity contribution in [2.75, 3.05) is 26.4 Å². The van der Waals surface area contributed by atoms with Crippen molar-refractivity contribution in [2.24, 2.45) is 5.16 Å². The fraction of sp³-hybridized carbons (Fsp3) is 0.308. The van der Waals surface area contributed by atoms with Crippen molar-refractivity contribution in [1.29, 1.82) is 0 Å². The Morgan fingerprint density at radius 2 is 1.77 bits per heavy atom. The zero-order valence-corrected chi connectivity index (χ0v) is 14.3. The minimum absolute atomic E-state index is 0.114. The van der Waals surface area contributed by atoms with Gasteiger partial charge in [0, 0.05) is 12.1 Å². The van der Waals surface area contributed by atoms with Gasteiger partial charge in [0.1, 0.15) is 23.5 Å². The molecule has 122 valence electrons. The summed E-state index contributed by atoms with van der Waals surface area (Å²) in [7, 11) is 0. The van der Waals surface area contributed by atoms with Crippen molar-refractivity contribution in [3.8, 4) is 11.5 Å². The molecule has 9 heteroatoms. The number of rotatable bonds is 9. The second-order valence-corrected chi connectivity index (χ2v) is 5.56. The molecule has 0 amide bonds. The Kier molecular flexibility index (Phi) is 9.43. The zero-order chi connectivity index (χ0) is 16.4. The molecule has 0 aliphatic carbocycles. The highest BCUT2D eigenvalue weighted by Gasteiger charge is 2.10. The van der Waals surface area contributed by atoms with Crippen molar-refractivity contribution in [3.63, 3.8) is 0 Å². The second-order valence-electron chi connectivity index (χ2n) is 3.74. The molecule has 0 saturated heterocycles. The zero-order valence-electron chi connectivity index (χ0n) is 11.3. The van der Waals surface area contributed by atoms with Crippen LogP contribution in [-0.4, -0.2) is 37.8 Å². The van der Waals surface area contributed by atoms with Crippen molar-refractivity contribution in [2.45, 2.75) is 0 Å². The first-order valence-corrected chi connectivity index (χ1v) is 7.55. The first kappa shape index (κ1) is 19.2. The molecule has 0 spiro atoms. The normalized spacial score (nSPS) is 10.7. The minimum Gasteiger partial charge on any atom is -0.489 e. The molecule has 5 nitrogen and oxygen atoms in total. The summed E-state index contributed by atoms with van der Waals surface area (Å²) in [5.41, 5.74) is 0. The summed E-state index contributed by atoms with van der Waals surface area (Å²) >= 11 is 23.1. The van der Waals surface area contributed by atoms with Gasteiger partial charge in [-0.15, -0.1) is 0 Å². The maximum Gasteiger partial charge on any atom is 0.156 e. The molecular weight excluding hydrogens is 376 g/mol. The molecule has 1 aromatic carbocycles. The first-order valence-electron chi connectivity index (χ1n) is 6.04. The molecule has 0 heterocycles. The van der Waals surface area contributed by atoms with Gasteiger partial charge >= 0.3 is 0 Å². The summed E-state index contributed by atoms with van der Waals surface area (Å²) in [5, 5.41) is 11.6. The molecule has 1 aromatic rings. The van der Waals surface area contributed by atoms with E-state index >= 15 is 0 Å². The monoisotopic (exact) mass is 387 g/mol. The Balaban J connectivity index is 2.52. The van der Waals surface area contributed by atoms with Gasteiger partial charge in [0.25, 0.3) is 0 Å².